The lowest BCUT2D eigenvalue weighted by Gasteiger charge is -2.30. The Morgan fingerprint density at radius 2 is 0.820 bits per heavy atom. The predicted octanol–water partition coefficient (Wildman–Crippen LogP) is 14.2. The third kappa shape index (κ3) is 5.37. The summed E-state index contributed by atoms with van der Waals surface area (Å²) in [5.74, 6) is 0. The molecule has 0 saturated carbocycles. The second-order valence-corrected chi connectivity index (χ2v) is 13.5. The van der Waals surface area contributed by atoms with Crippen molar-refractivity contribution in [2.75, 3.05) is 4.90 Å². The largest absolute Gasteiger partial charge is 0.310 e. The minimum Gasteiger partial charge on any atom is -0.310 e. The van der Waals surface area contributed by atoms with Gasteiger partial charge in [-0.25, -0.2) is 0 Å². The molecule has 0 aliphatic rings. The molecule has 0 spiro atoms. The van der Waals surface area contributed by atoms with Gasteiger partial charge in [-0.05, 0) is 75.3 Å². The Kier molecular flexibility index (Phi) is 7.77. The van der Waals surface area contributed by atoms with Gasteiger partial charge in [0.1, 0.15) is 0 Å². The molecule has 0 bridgehead atoms. The van der Waals surface area contributed by atoms with Gasteiger partial charge in [0.05, 0.1) is 5.69 Å². The van der Waals surface area contributed by atoms with Crippen molar-refractivity contribution in [3.8, 4) is 44.5 Å². The zero-order valence-electron chi connectivity index (χ0n) is 27.4. The van der Waals surface area contributed by atoms with Crippen molar-refractivity contribution in [1.82, 2.24) is 0 Å². The molecule has 0 fully saturated rings. The molecule has 0 unspecified atom stereocenters. The van der Waals surface area contributed by atoms with Crippen LogP contribution in [0.3, 0.4) is 0 Å². The van der Waals surface area contributed by atoms with Gasteiger partial charge in [0, 0.05) is 37.1 Å². The maximum Gasteiger partial charge on any atom is 0.0546 e. The molecule has 50 heavy (non-hydrogen) atoms. The smallest absolute Gasteiger partial charge is 0.0546 e. The summed E-state index contributed by atoms with van der Waals surface area (Å²) in [5.41, 5.74) is 13.0. The van der Waals surface area contributed by atoms with Crippen LogP contribution in [0.5, 0.6) is 0 Å². The van der Waals surface area contributed by atoms with Crippen LogP contribution in [0.15, 0.2) is 200 Å². The molecular weight excluding hydrogens is 623 g/mol. The number of hydrogen-bond acceptors (Lipinski definition) is 2. The molecule has 236 valence electrons. The number of para-hydroxylation sites is 1. The number of rotatable bonds is 7. The van der Waals surface area contributed by atoms with Gasteiger partial charge in [-0.1, -0.05) is 164 Å². The second kappa shape index (κ2) is 13.0. The summed E-state index contributed by atoms with van der Waals surface area (Å²) >= 11 is 1.88. The molecule has 0 aliphatic carbocycles. The summed E-state index contributed by atoms with van der Waals surface area (Å²) in [6, 6.07) is 72.3. The molecule has 1 nitrogen and oxygen atoms in total. The highest BCUT2D eigenvalue weighted by Crippen LogP contribution is 2.48. The Morgan fingerprint density at radius 1 is 0.320 bits per heavy atom. The Labute approximate surface area is 297 Å². The van der Waals surface area contributed by atoms with E-state index in [9.17, 15) is 0 Å². The number of anilines is 3. The van der Waals surface area contributed by atoms with E-state index < -0.39 is 0 Å². The van der Waals surface area contributed by atoms with Crippen LogP contribution in [-0.2, 0) is 0 Å². The topological polar surface area (TPSA) is 3.24 Å². The number of nitrogens with zero attached hydrogens (tertiary/aromatic N) is 1. The summed E-state index contributed by atoms with van der Waals surface area (Å²) in [6.07, 6.45) is 0. The van der Waals surface area contributed by atoms with Crippen LogP contribution >= 0.6 is 11.3 Å². The minimum atomic E-state index is 1.10. The lowest BCUT2D eigenvalue weighted by atomic mass is 9.87. The molecular formula is C48H33NS. The molecule has 0 saturated heterocycles. The van der Waals surface area contributed by atoms with Crippen molar-refractivity contribution in [1.29, 1.82) is 0 Å². The summed E-state index contributed by atoms with van der Waals surface area (Å²) in [7, 11) is 0. The third-order valence-electron chi connectivity index (χ3n) is 9.50. The first-order valence-electron chi connectivity index (χ1n) is 17.0. The monoisotopic (exact) mass is 655 g/mol. The fourth-order valence-corrected chi connectivity index (χ4v) is 8.45. The Hall–Kier alpha value is -6.22. The van der Waals surface area contributed by atoms with E-state index in [1.165, 1.54) is 64.7 Å². The third-order valence-corrected chi connectivity index (χ3v) is 10.7. The molecule has 8 aromatic carbocycles. The zero-order chi connectivity index (χ0) is 33.3. The van der Waals surface area contributed by atoms with Gasteiger partial charge >= 0.3 is 0 Å². The van der Waals surface area contributed by atoms with Crippen molar-refractivity contribution >= 4 is 48.6 Å². The molecule has 0 radical (unpaired) electrons. The molecule has 1 heterocycles. The van der Waals surface area contributed by atoms with E-state index in [0.717, 1.165) is 17.1 Å². The summed E-state index contributed by atoms with van der Waals surface area (Å²) in [4.78, 5) is 2.41. The predicted molar refractivity (Wildman–Crippen MR) is 216 cm³/mol. The van der Waals surface area contributed by atoms with Crippen molar-refractivity contribution in [3.05, 3.63) is 200 Å². The van der Waals surface area contributed by atoms with Gasteiger partial charge in [-0.3, -0.25) is 0 Å². The van der Waals surface area contributed by atoms with E-state index in [-0.39, 0.29) is 0 Å². The molecule has 2 heteroatoms. The maximum atomic E-state index is 2.41. The van der Waals surface area contributed by atoms with Crippen molar-refractivity contribution < 1.29 is 0 Å². The quantitative estimate of drug-likeness (QED) is 0.165. The highest BCUT2D eigenvalue weighted by Gasteiger charge is 2.22. The normalized spacial score (nSPS) is 11.2. The Balaban J connectivity index is 1.25. The first-order chi connectivity index (χ1) is 24.8. The van der Waals surface area contributed by atoms with Gasteiger partial charge in [0.15, 0.2) is 0 Å². The van der Waals surface area contributed by atoms with Crippen molar-refractivity contribution in [2.45, 2.75) is 0 Å². The standard InChI is InChI=1S/C48H33NS/c1-4-16-34(17-5-1)39-22-10-11-24-43(39)47-40(35-18-6-2-7-19-35)25-15-28-45(47)49(37-20-8-3-9-21-37)38-32-30-36(31-33-38)41-26-14-27-44-42-23-12-13-29-46(42)50-48(41)44/h1-33H. The van der Waals surface area contributed by atoms with Crippen molar-refractivity contribution in [2.24, 2.45) is 0 Å². The minimum absolute atomic E-state index is 1.10. The lowest BCUT2D eigenvalue weighted by molar-refractivity contribution is 1.28. The van der Waals surface area contributed by atoms with E-state index in [0.29, 0.717) is 0 Å². The van der Waals surface area contributed by atoms with Crippen molar-refractivity contribution in [3.63, 3.8) is 0 Å². The molecule has 1 aromatic heterocycles. The highest BCUT2D eigenvalue weighted by atomic mass is 32.1. The number of hydrogen-bond donors (Lipinski definition) is 0. The van der Waals surface area contributed by atoms with Crippen LogP contribution in [0.4, 0.5) is 17.1 Å². The number of fused-ring (bicyclic) bond motifs is 3. The molecule has 0 N–H and O–H groups in total. The van der Waals surface area contributed by atoms with E-state index in [1.807, 2.05) is 11.3 Å². The maximum absolute atomic E-state index is 2.41. The molecule has 0 atom stereocenters. The zero-order valence-corrected chi connectivity index (χ0v) is 28.2. The Morgan fingerprint density at radius 3 is 1.56 bits per heavy atom. The average Bonchev–Trinajstić information content (AvgIpc) is 3.58. The number of thiophene rings is 1. The molecule has 9 rings (SSSR count). The van der Waals surface area contributed by atoms with Crippen LogP contribution in [0.2, 0.25) is 0 Å². The molecule has 9 aromatic rings. The van der Waals surface area contributed by atoms with E-state index in [1.54, 1.807) is 0 Å². The summed E-state index contributed by atoms with van der Waals surface area (Å²) in [5, 5.41) is 2.64. The van der Waals surface area contributed by atoms with Gasteiger partial charge in [-0.15, -0.1) is 11.3 Å². The van der Waals surface area contributed by atoms with Crippen LogP contribution in [0, 0.1) is 0 Å². The fourth-order valence-electron chi connectivity index (χ4n) is 7.21. The first-order valence-corrected chi connectivity index (χ1v) is 17.8. The van der Waals surface area contributed by atoms with Gasteiger partial charge < -0.3 is 4.90 Å². The lowest BCUT2D eigenvalue weighted by Crippen LogP contribution is -2.12. The summed E-state index contributed by atoms with van der Waals surface area (Å²) < 4.78 is 2.65. The fraction of sp³-hybridized carbons (Fsp3) is 0. The molecule has 0 amide bonds. The van der Waals surface area contributed by atoms with Crippen LogP contribution in [-0.4, -0.2) is 0 Å². The van der Waals surface area contributed by atoms with Gasteiger partial charge in [0.2, 0.25) is 0 Å². The van der Waals surface area contributed by atoms with E-state index in [2.05, 4.69) is 205 Å². The van der Waals surface area contributed by atoms with Gasteiger partial charge in [0.25, 0.3) is 0 Å². The van der Waals surface area contributed by atoms with Crippen LogP contribution in [0.1, 0.15) is 0 Å². The van der Waals surface area contributed by atoms with E-state index in [4.69, 9.17) is 0 Å². The Bertz CT molecular complexity index is 2570. The highest BCUT2D eigenvalue weighted by molar-refractivity contribution is 7.26. The second-order valence-electron chi connectivity index (χ2n) is 12.5. The molecule has 0 aliphatic heterocycles. The van der Waals surface area contributed by atoms with Crippen LogP contribution in [0.25, 0.3) is 64.7 Å². The van der Waals surface area contributed by atoms with E-state index >= 15 is 0 Å². The SMILES string of the molecule is c1ccc(-c2ccccc2-c2c(-c3ccccc3)cccc2N(c2ccccc2)c2ccc(-c3cccc4c3sc3ccccc34)cc2)cc1. The number of benzene rings is 8. The van der Waals surface area contributed by atoms with Crippen LogP contribution < -0.4 is 4.90 Å². The van der Waals surface area contributed by atoms with Gasteiger partial charge in [-0.2, -0.15) is 0 Å². The summed E-state index contributed by atoms with van der Waals surface area (Å²) in [6.45, 7) is 0. The first kappa shape index (κ1) is 29.9. The average molecular weight is 656 g/mol.